The fourth-order valence-electron chi connectivity index (χ4n) is 4.09. The van der Waals surface area contributed by atoms with Crippen molar-refractivity contribution in [3.8, 4) is 11.3 Å². The maximum absolute atomic E-state index is 13.1. The van der Waals surface area contributed by atoms with Crippen LogP contribution in [0.15, 0.2) is 36.4 Å². The highest BCUT2D eigenvalue weighted by Gasteiger charge is 2.36. The summed E-state index contributed by atoms with van der Waals surface area (Å²) in [5.74, 6) is 0.784. The Hall–Kier alpha value is -2.87. The van der Waals surface area contributed by atoms with Crippen molar-refractivity contribution < 1.29 is 9.59 Å². The van der Waals surface area contributed by atoms with Crippen LogP contribution in [-0.4, -0.2) is 76.2 Å². The third kappa shape index (κ3) is 6.17. The standard InChI is InChI=1S/C25H33ClN6O2/c1-25(2,3)27-24(34)32(18-9-10-18)17-23(33)31-14-6-13-30(15-16-31)22-12-11-21(28-29-22)19-7-4-5-8-20(19)26/h4-5,7-8,11-12,18H,6,9-10,13-17H2,1-3H3,(H,27,34). The molecular weight excluding hydrogens is 452 g/mol. The Bertz CT molecular complexity index is 1020. The molecule has 2 aromatic rings. The van der Waals surface area contributed by atoms with Gasteiger partial charge in [-0.1, -0.05) is 29.8 Å². The number of hydrogen-bond acceptors (Lipinski definition) is 5. The Balaban J connectivity index is 1.36. The van der Waals surface area contributed by atoms with E-state index in [1.165, 1.54) is 0 Å². The van der Waals surface area contributed by atoms with Gasteiger partial charge in [0.05, 0.1) is 10.7 Å². The molecule has 2 aliphatic rings. The summed E-state index contributed by atoms with van der Waals surface area (Å²) in [6, 6.07) is 11.5. The van der Waals surface area contributed by atoms with Crippen molar-refractivity contribution >= 4 is 29.4 Å². The predicted octanol–water partition coefficient (Wildman–Crippen LogP) is 3.81. The molecule has 1 aliphatic carbocycles. The molecule has 0 atom stereocenters. The number of rotatable bonds is 5. The first kappa shape index (κ1) is 24.3. The van der Waals surface area contributed by atoms with Gasteiger partial charge in [-0.05, 0) is 58.2 Å². The number of aromatic nitrogens is 2. The number of hydrogen-bond donors (Lipinski definition) is 1. The van der Waals surface area contributed by atoms with Crippen LogP contribution in [0.5, 0.6) is 0 Å². The SMILES string of the molecule is CC(C)(C)NC(=O)N(CC(=O)N1CCCN(c2ccc(-c3ccccc3Cl)nn2)CC1)C1CC1. The number of benzene rings is 1. The summed E-state index contributed by atoms with van der Waals surface area (Å²) in [5.41, 5.74) is 1.25. The van der Waals surface area contributed by atoms with Gasteiger partial charge < -0.3 is 20.0 Å². The molecular formula is C25H33ClN6O2. The van der Waals surface area contributed by atoms with E-state index >= 15 is 0 Å². The van der Waals surface area contributed by atoms with Gasteiger partial charge in [0, 0.05) is 43.3 Å². The topological polar surface area (TPSA) is 81.7 Å². The highest BCUT2D eigenvalue weighted by Crippen LogP contribution is 2.28. The molecule has 9 heteroatoms. The first-order chi connectivity index (χ1) is 16.2. The average molecular weight is 485 g/mol. The highest BCUT2D eigenvalue weighted by molar-refractivity contribution is 6.33. The molecule has 1 aliphatic heterocycles. The van der Waals surface area contributed by atoms with Crippen LogP contribution in [0, 0.1) is 0 Å². The van der Waals surface area contributed by atoms with Gasteiger partial charge in [-0.2, -0.15) is 0 Å². The summed E-state index contributed by atoms with van der Waals surface area (Å²) < 4.78 is 0. The van der Waals surface area contributed by atoms with Crippen LogP contribution in [0.1, 0.15) is 40.0 Å². The minimum Gasteiger partial charge on any atom is -0.353 e. The quantitative estimate of drug-likeness (QED) is 0.697. The van der Waals surface area contributed by atoms with Crippen molar-refractivity contribution in [1.82, 2.24) is 25.3 Å². The zero-order valence-electron chi connectivity index (χ0n) is 20.1. The molecule has 0 unspecified atom stereocenters. The smallest absolute Gasteiger partial charge is 0.318 e. The molecule has 2 heterocycles. The predicted molar refractivity (Wildman–Crippen MR) is 134 cm³/mol. The molecule has 34 heavy (non-hydrogen) atoms. The van der Waals surface area contributed by atoms with Crippen molar-refractivity contribution in [1.29, 1.82) is 0 Å². The minimum atomic E-state index is -0.335. The van der Waals surface area contributed by atoms with Crippen molar-refractivity contribution in [3.05, 3.63) is 41.4 Å². The van der Waals surface area contributed by atoms with Gasteiger partial charge in [-0.25, -0.2) is 4.79 Å². The average Bonchev–Trinajstić information content (AvgIpc) is 3.64. The minimum absolute atomic E-state index is 0.00189. The van der Waals surface area contributed by atoms with E-state index < -0.39 is 0 Å². The molecule has 0 spiro atoms. The van der Waals surface area contributed by atoms with E-state index in [0.29, 0.717) is 24.7 Å². The summed E-state index contributed by atoms with van der Waals surface area (Å²) in [4.78, 5) is 31.5. The molecule has 1 aromatic heterocycles. The van der Waals surface area contributed by atoms with Crippen LogP contribution < -0.4 is 10.2 Å². The molecule has 0 radical (unpaired) electrons. The maximum Gasteiger partial charge on any atom is 0.318 e. The largest absolute Gasteiger partial charge is 0.353 e. The van der Waals surface area contributed by atoms with Gasteiger partial charge >= 0.3 is 6.03 Å². The molecule has 1 aromatic carbocycles. The Morgan fingerprint density at radius 1 is 1.06 bits per heavy atom. The summed E-state index contributed by atoms with van der Waals surface area (Å²) in [6.07, 6.45) is 2.75. The van der Waals surface area contributed by atoms with E-state index in [0.717, 1.165) is 42.9 Å². The lowest BCUT2D eigenvalue weighted by Gasteiger charge is -2.30. The van der Waals surface area contributed by atoms with Gasteiger partial charge in [-0.15, -0.1) is 10.2 Å². The van der Waals surface area contributed by atoms with Crippen molar-refractivity contribution in [2.75, 3.05) is 37.6 Å². The fraction of sp³-hybridized carbons (Fsp3) is 0.520. The first-order valence-corrected chi connectivity index (χ1v) is 12.3. The van der Waals surface area contributed by atoms with Crippen LogP contribution in [0.3, 0.4) is 0 Å². The molecule has 8 nitrogen and oxygen atoms in total. The van der Waals surface area contributed by atoms with Crippen molar-refractivity contribution in [2.45, 2.75) is 51.6 Å². The maximum atomic E-state index is 13.1. The molecule has 182 valence electrons. The lowest BCUT2D eigenvalue weighted by Crippen LogP contribution is -2.52. The fourth-order valence-corrected chi connectivity index (χ4v) is 4.33. The van der Waals surface area contributed by atoms with Crippen LogP contribution >= 0.6 is 11.6 Å². The molecule has 3 amide bonds. The number of carbonyl (C=O) groups excluding carboxylic acids is 2. The summed E-state index contributed by atoms with van der Waals surface area (Å²) >= 11 is 6.28. The van der Waals surface area contributed by atoms with E-state index in [-0.39, 0.29) is 30.1 Å². The van der Waals surface area contributed by atoms with Crippen molar-refractivity contribution in [3.63, 3.8) is 0 Å². The van der Waals surface area contributed by atoms with Gasteiger partial charge in [0.15, 0.2) is 5.82 Å². The first-order valence-electron chi connectivity index (χ1n) is 11.9. The molecule has 1 N–H and O–H groups in total. The molecule has 4 rings (SSSR count). The lowest BCUT2D eigenvalue weighted by molar-refractivity contribution is -0.131. The number of nitrogens with one attached hydrogen (secondary N) is 1. The summed E-state index contributed by atoms with van der Waals surface area (Å²) in [5, 5.41) is 12.4. The normalized spacial score (nSPS) is 16.7. The number of urea groups is 1. The van der Waals surface area contributed by atoms with Gasteiger partial charge in [-0.3, -0.25) is 4.79 Å². The van der Waals surface area contributed by atoms with Gasteiger partial charge in [0.1, 0.15) is 6.54 Å². The third-order valence-corrected chi connectivity index (χ3v) is 6.34. The van der Waals surface area contributed by atoms with Crippen LogP contribution in [0.2, 0.25) is 5.02 Å². The van der Waals surface area contributed by atoms with Crippen LogP contribution in [-0.2, 0) is 4.79 Å². The Morgan fingerprint density at radius 2 is 1.82 bits per heavy atom. The number of halogens is 1. The van der Waals surface area contributed by atoms with Crippen LogP contribution in [0.25, 0.3) is 11.3 Å². The summed E-state index contributed by atoms with van der Waals surface area (Å²) in [7, 11) is 0. The second-order valence-corrected chi connectivity index (χ2v) is 10.4. The van der Waals surface area contributed by atoms with E-state index in [1.807, 2.05) is 62.1 Å². The van der Waals surface area contributed by atoms with Crippen LogP contribution in [0.4, 0.5) is 10.6 Å². The number of amides is 3. The number of nitrogens with zero attached hydrogens (tertiary/aromatic N) is 5. The molecule has 1 saturated heterocycles. The number of anilines is 1. The van der Waals surface area contributed by atoms with E-state index in [4.69, 9.17) is 11.6 Å². The Kier molecular flexibility index (Phi) is 7.26. The highest BCUT2D eigenvalue weighted by atomic mass is 35.5. The second kappa shape index (κ2) is 10.2. The lowest BCUT2D eigenvalue weighted by atomic mass is 10.1. The Morgan fingerprint density at radius 3 is 2.47 bits per heavy atom. The third-order valence-electron chi connectivity index (χ3n) is 6.01. The monoisotopic (exact) mass is 484 g/mol. The zero-order valence-corrected chi connectivity index (χ0v) is 20.9. The zero-order chi connectivity index (χ0) is 24.3. The molecule has 2 fully saturated rings. The van der Waals surface area contributed by atoms with Gasteiger partial charge in [0.2, 0.25) is 5.91 Å². The molecule has 1 saturated carbocycles. The van der Waals surface area contributed by atoms with E-state index in [1.54, 1.807) is 4.90 Å². The Labute approximate surface area is 206 Å². The van der Waals surface area contributed by atoms with Gasteiger partial charge in [0.25, 0.3) is 0 Å². The number of carbonyl (C=O) groups is 2. The second-order valence-electron chi connectivity index (χ2n) is 10.0. The summed E-state index contributed by atoms with van der Waals surface area (Å²) in [6.45, 7) is 8.69. The molecule has 0 bridgehead atoms. The van der Waals surface area contributed by atoms with Crippen molar-refractivity contribution in [2.24, 2.45) is 0 Å². The van der Waals surface area contributed by atoms with E-state index in [2.05, 4.69) is 20.4 Å². The van der Waals surface area contributed by atoms with E-state index in [9.17, 15) is 9.59 Å².